The minimum Gasteiger partial charge on any atom is -0.479 e. The van der Waals surface area contributed by atoms with E-state index in [0.717, 1.165) is 11.3 Å². The summed E-state index contributed by atoms with van der Waals surface area (Å²) in [6.07, 6.45) is 1.76. The quantitative estimate of drug-likeness (QED) is 0.835. The number of aryl methyl sites for hydroxylation is 2. The zero-order chi connectivity index (χ0) is 13.5. The van der Waals surface area contributed by atoms with E-state index in [1.54, 1.807) is 31.8 Å². The van der Waals surface area contributed by atoms with Gasteiger partial charge in [0.25, 0.3) is 0 Å². The molecule has 0 radical (unpaired) electrons. The largest absolute Gasteiger partial charge is 0.479 e. The van der Waals surface area contributed by atoms with Crippen molar-refractivity contribution < 1.29 is 9.90 Å². The van der Waals surface area contributed by atoms with Crippen LogP contribution in [0.15, 0.2) is 6.20 Å². The van der Waals surface area contributed by atoms with Crippen molar-refractivity contribution in [2.75, 3.05) is 0 Å². The lowest BCUT2D eigenvalue weighted by atomic mass is 10.1. The minimum atomic E-state index is -1.22. The number of carboxylic acid groups (broad SMARTS) is 1. The fourth-order valence-electron chi connectivity index (χ4n) is 1.64. The van der Waals surface area contributed by atoms with E-state index in [2.05, 4.69) is 20.6 Å². The molecule has 2 heterocycles. The van der Waals surface area contributed by atoms with Crippen LogP contribution in [0.4, 0.5) is 0 Å². The molecule has 1 N–H and O–H groups in total. The first-order chi connectivity index (χ1) is 8.34. The van der Waals surface area contributed by atoms with Crippen LogP contribution in [0.25, 0.3) is 11.4 Å². The van der Waals surface area contributed by atoms with Crippen molar-refractivity contribution in [1.29, 1.82) is 0 Å². The second-order valence-corrected chi connectivity index (χ2v) is 4.58. The third kappa shape index (κ3) is 1.75. The summed E-state index contributed by atoms with van der Waals surface area (Å²) in [5, 5.41) is 24.6. The molecule has 0 bridgehead atoms. The topological polar surface area (TPSA) is 98.7 Å². The van der Waals surface area contributed by atoms with Crippen LogP contribution in [-0.2, 0) is 17.4 Å². The Kier molecular flexibility index (Phi) is 2.64. The molecule has 2 rings (SSSR count). The lowest BCUT2D eigenvalue weighted by molar-refractivity contribution is -0.146. The Hall–Kier alpha value is -2.25. The number of aromatic nitrogens is 6. The van der Waals surface area contributed by atoms with Gasteiger partial charge in [0.15, 0.2) is 11.4 Å². The minimum absolute atomic E-state index is 0.396. The third-order valence-corrected chi connectivity index (χ3v) is 2.78. The van der Waals surface area contributed by atoms with E-state index in [1.807, 2.05) is 6.92 Å². The van der Waals surface area contributed by atoms with Gasteiger partial charge in [0.1, 0.15) is 0 Å². The first-order valence-electron chi connectivity index (χ1n) is 5.37. The number of nitrogens with zero attached hydrogens (tertiary/aromatic N) is 6. The standard InChI is InChI=1S/C10H14N6O2/c1-6-7(5-15(4)12-6)8-11-13-14-16(8)10(2,3)9(17)18/h5H,1-4H3,(H,17,18). The predicted molar refractivity (Wildman–Crippen MR) is 61.7 cm³/mol. The molecule has 0 spiro atoms. The third-order valence-electron chi connectivity index (χ3n) is 2.78. The first-order valence-corrected chi connectivity index (χ1v) is 5.37. The van der Waals surface area contributed by atoms with Gasteiger partial charge in [-0.1, -0.05) is 0 Å². The Morgan fingerprint density at radius 1 is 1.44 bits per heavy atom. The number of tetrazole rings is 1. The van der Waals surface area contributed by atoms with Gasteiger partial charge in [0.2, 0.25) is 0 Å². The molecule has 0 amide bonds. The highest BCUT2D eigenvalue weighted by atomic mass is 16.4. The van der Waals surface area contributed by atoms with Crippen LogP contribution in [-0.4, -0.2) is 41.1 Å². The molecule has 0 aliphatic carbocycles. The van der Waals surface area contributed by atoms with Crippen LogP contribution < -0.4 is 0 Å². The Bertz CT molecular complexity index is 597. The van der Waals surface area contributed by atoms with E-state index in [4.69, 9.17) is 0 Å². The van der Waals surface area contributed by atoms with Gasteiger partial charge in [-0.3, -0.25) is 4.68 Å². The lowest BCUT2D eigenvalue weighted by Gasteiger charge is -2.20. The average molecular weight is 250 g/mol. The van der Waals surface area contributed by atoms with Crippen LogP contribution >= 0.6 is 0 Å². The van der Waals surface area contributed by atoms with E-state index >= 15 is 0 Å². The molecule has 2 aromatic rings. The number of carbonyl (C=O) groups is 1. The van der Waals surface area contributed by atoms with Crippen molar-refractivity contribution in [3.63, 3.8) is 0 Å². The molecule has 0 aliphatic heterocycles. The molecule has 0 aromatic carbocycles. The number of hydrogen-bond donors (Lipinski definition) is 1. The van der Waals surface area contributed by atoms with Crippen LogP contribution in [0.2, 0.25) is 0 Å². The fraction of sp³-hybridized carbons (Fsp3) is 0.500. The Morgan fingerprint density at radius 3 is 2.61 bits per heavy atom. The van der Waals surface area contributed by atoms with Gasteiger partial charge in [-0.05, 0) is 31.2 Å². The van der Waals surface area contributed by atoms with Gasteiger partial charge in [0, 0.05) is 13.2 Å². The molecule has 8 heteroatoms. The van der Waals surface area contributed by atoms with Crippen molar-refractivity contribution in [3.8, 4) is 11.4 Å². The summed E-state index contributed by atoms with van der Waals surface area (Å²) in [7, 11) is 1.78. The van der Waals surface area contributed by atoms with Crippen molar-refractivity contribution in [3.05, 3.63) is 11.9 Å². The molecular formula is C10H14N6O2. The maximum absolute atomic E-state index is 11.3. The number of rotatable bonds is 3. The zero-order valence-electron chi connectivity index (χ0n) is 10.6. The lowest BCUT2D eigenvalue weighted by Crippen LogP contribution is -2.37. The van der Waals surface area contributed by atoms with Crippen molar-refractivity contribution in [1.82, 2.24) is 30.0 Å². The molecular weight excluding hydrogens is 236 g/mol. The maximum Gasteiger partial charge on any atom is 0.331 e. The van der Waals surface area contributed by atoms with Gasteiger partial charge in [-0.25, -0.2) is 9.48 Å². The van der Waals surface area contributed by atoms with Gasteiger partial charge in [-0.2, -0.15) is 5.10 Å². The number of carboxylic acids is 1. The summed E-state index contributed by atoms with van der Waals surface area (Å²) in [6.45, 7) is 4.91. The number of hydrogen-bond acceptors (Lipinski definition) is 5. The highest BCUT2D eigenvalue weighted by Gasteiger charge is 2.34. The SMILES string of the molecule is Cc1nn(C)cc1-c1nnnn1C(C)(C)C(=O)O. The van der Waals surface area contributed by atoms with Crippen LogP contribution in [0.1, 0.15) is 19.5 Å². The summed E-state index contributed by atoms with van der Waals surface area (Å²) >= 11 is 0. The van der Waals surface area contributed by atoms with Gasteiger partial charge >= 0.3 is 5.97 Å². The fourth-order valence-corrected chi connectivity index (χ4v) is 1.64. The molecule has 18 heavy (non-hydrogen) atoms. The molecule has 0 unspecified atom stereocenters. The molecule has 0 saturated heterocycles. The van der Waals surface area contributed by atoms with Crippen LogP contribution in [0.5, 0.6) is 0 Å². The first kappa shape index (κ1) is 12.2. The van der Waals surface area contributed by atoms with Gasteiger partial charge in [0.05, 0.1) is 11.3 Å². The van der Waals surface area contributed by atoms with Crippen molar-refractivity contribution in [2.24, 2.45) is 7.05 Å². The molecule has 0 aliphatic rings. The summed E-state index contributed by atoms with van der Waals surface area (Å²) in [6, 6.07) is 0. The van der Waals surface area contributed by atoms with Crippen LogP contribution in [0.3, 0.4) is 0 Å². The van der Waals surface area contributed by atoms with Crippen LogP contribution in [0, 0.1) is 6.92 Å². The Balaban J connectivity index is 2.59. The maximum atomic E-state index is 11.3. The molecule has 96 valence electrons. The van der Waals surface area contributed by atoms with E-state index < -0.39 is 11.5 Å². The Morgan fingerprint density at radius 2 is 2.11 bits per heavy atom. The van der Waals surface area contributed by atoms with Gasteiger partial charge < -0.3 is 5.11 Å². The Labute approximate surface area is 103 Å². The number of aliphatic carboxylic acids is 1. The molecule has 0 fully saturated rings. The normalized spacial score (nSPS) is 11.8. The predicted octanol–water partition coefficient (Wildman–Crippen LogP) is 0.202. The van der Waals surface area contributed by atoms with E-state index in [0.29, 0.717) is 5.82 Å². The summed E-state index contributed by atoms with van der Waals surface area (Å²) in [4.78, 5) is 11.3. The second kappa shape index (κ2) is 3.90. The van der Waals surface area contributed by atoms with E-state index in [-0.39, 0.29) is 0 Å². The van der Waals surface area contributed by atoms with Gasteiger partial charge in [-0.15, -0.1) is 5.10 Å². The second-order valence-electron chi connectivity index (χ2n) is 4.58. The van der Waals surface area contributed by atoms with Crippen molar-refractivity contribution >= 4 is 5.97 Å². The highest BCUT2D eigenvalue weighted by Crippen LogP contribution is 2.24. The molecule has 0 saturated carbocycles. The summed E-state index contributed by atoms with van der Waals surface area (Å²) < 4.78 is 2.93. The van der Waals surface area contributed by atoms with E-state index in [9.17, 15) is 9.90 Å². The monoisotopic (exact) mass is 250 g/mol. The molecule has 2 aromatic heterocycles. The smallest absolute Gasteiger partial charge is 0.331 e. The van der Waals surface area contributed by atoms with Crippen molar-refractivity contribution in [2.45, 2.75) is 26.3 Å². The summed E-state index contributed by atoms with van der Waals surface area (Å²) in [5.74, 6) is -0.606. The highest BCUT2D eigenvalue weighted by molar-refractivity contribution is 5.76. The van der Waals surface area contributed by atoms with E-state index in [1.165, 1.54) is 4.68 Å². The summed E-state index contributed by atoms with van der Waals surface area (Å²) in [5.41, 5.74) is 0.243. The molecule has 8 nitrogen and oxygen atoms in total. The average Bonchev–Trinajstić information content (AvgIpc) is 2.84. The molecule has 0 atom stereocenters. The zero-order valence-corrected chi connectivity index (χ0v) is 10.6.